The number of aliphatic hydroxyl groups excluding tert-OH is 1. The standard InChI is InChI=1S/C20H28N6O2/c1-24-7-9-25(10-8-24)14-4-5-15-16(12-14)23-20(22-15)18-17(27)13-26(19(18)21)6-3-11-28-2/h4-5,12,21,27H,3,6-11,13H2,1-2H3,(H,22,23). The molecule has 0 spiro atoms. The number of nitrogens with zero attached hydrogens (tertiary/aromatic N) is 4. The van der Waals surface area contributed by atoms with Crippen molar-refractivity contribution in [2.75, 3.05) is 64.9 Å². The first-order valence-electron chi connectivity index (χ1n) is 9.75. The molecular weight excluding hydrogens is 356 g/mol. The Kier molecular flexibility index (Phi) is 5.23. The van der Waals surface area contributed by atoms with Crippen LogP contribution in [0.5, 0.6) is 0 Å². The summed E-state index contributed by atoms with van der Waals surface area (Å²) in [6.07, 6.45) is 0.813. The number of methoxy groups -OCH3 is 1. The summed E-state index contributed by atoms with van der Waals surface area (Å²) in [7, 11) is 3.82. The van der Waals surface area contributed by atoms with Gasteiger partial charge in [0.2, 0.25) is 0 Å². The number of aliphatic hydroxyl groups is 1. The molecule has 0 unspecified atom stereocenters. The zero-order valence-electron chi connectivity index (χ0n) is 16.5. The monoisotopic (exact) mass is 384 g/mol. The topological polar surface area (TPSA) is 91.7 Å². The maximum absolute atomic E-state index is 10.4. The van der Waals surface area contributed by atoms with Gasteiger partial charge in [0, 0.05) is 52.1 Å². The van der Waals surface area contributed by atoms with Crippen LogP contribution in [0, 0.1) is 5.41 Å². The van der Waals surface area contributed by atoms with E-state index in [-0.39, 0.29) is 5.76 Å². The smallest absolute Gasteiger partial charge is 0.145 e. The number of ether oxygens (including phenoxy) is 1. The van der Waals surface area contributed by atoms with Gasteiger partial charge < -0.3 is 29.5 Å². The molecule has 2 aliphatic heterocycles. The predicted octanol–water partition coefficient (Wildman–Crippen LogP) is 1.91. The van der Waals surface area contributed by atoms with Crippen LogP contribution < -0.4 is 4.90 Å². The predicted molar refractivity (Wildman–Crippen MR) is 111 cm³/mol. The van der Waals surface area contributed by atoms with Gasteiger partial charge >= 0.3 is 0 Å². The van der Waals surface area contributed by atoms with Gasteiger partial charge in [-0.05, 0) is 31.7 Å². The minimum atomic E-state index is 0.195. The van der Waals surface area contributed by atoms with Gasteiger partial charge in [0.05, 0.1) is 23.2 Å². The van der Waals surface area contributed by atoms with Gasteiger partial charge in [0.25, 0.3) is 0 Å². The molecule has 0 bridgehead atoms. The number of amidine groups is 1. The van der Waals surface area contributed by atoms with Crippen LogP contribution in [0.15, 0.2) is 24.0 Å². The molecule has 3 heterocycles. The van der Waals surface area contributed by atoms with Crippen LogP contribution in [0.4, 0.5) is 5.69 Å². The van der Waals surface area contributed by atoms with E-state index < -0.39 is 0 Å². The number of aromatic amines is 1. The number of aromatic nitrogens is 2. The van der Waals surface area contributed by atoms with E-state index in [4.69, 9.17) is 10.1 Å². The summed E-state index contributed by atoms with van der Waals surface area (Å²) in [5.41, 5.74) is 3.45. The number of piperazine rings is 1. The van der Waals surface area contributed by atoms with Crippen molar-refractivity contribution in [3.63, 3.8) is 0 Å². The number of hydrogen-bond donors (Lipinski definition) is 3. The van der Waals surface area contributed by atoms with Crippen LogP contribution in [0.1, 0.15) is 12.2 Å². The molecule has 3 N–H and O–H groups in total. The Balaban J connectivity index is 1.54. The van der Waals surface area contributed by atoms with Crippen LogP contribution >= 0.6 is 0 Å². The molecular formula is C20H28N6O2. The van der Waals surface area contributed by atoms with Crippen molar-refractivity contribution in [1.82, 2.24) is 19.8 Å². The Labute approximate surface area is 164 Å². The summed E-state index contributed by atoms with van der Waals surface area (Å²) in [6.45, 7) is 5.80. The number of benzene rings is 1. The molecule has 2 aliphatic rings. The molecule has 0 amide bonds. The van der Waals surface area contributed by atoms with Crippen LogP contribution in [0.3, 0.4) is 0 Å². The van der Waals surface area contributed by atoms with Crippen LogP contribution in [-0.4, -0.2) is 90.7 Å². The molecule has 8 nitrogen and oxygen atoms in total. The Morgan fingerprint density at radius 3 is 2.79 bits per heavy atom. The van der Waals surface area contributed by atoms with E-state index in [0.29, 0.717) is 36.9 Å². The van der Waals surface area contributed by atoms with Gasteiger partial charge in [-0.2, -0.15) is 0 Å². The minimum Gasteiger partial charge on any atom is -0.510 e. The summed E-state index contributed by atoms with van der Waals surface area (Å²) >= 11 is 0. The molecule has 0 aliphatic carbocycles. The third-order valence-corrected chi connectivity index (χ3v) is 5.53. The highest BCUT2D eigenvalue weighted by Crippen LogP contribution is 2.29. The normalized spacial score (nSPS) is 18.7. The number of anilines is 1. The Bertz CT molecular complexity index is 897. The SMILES string of the molecule is COCCCN1CC(O)=C(c2nc3ccc(N4CCN(C)CC4)cc3[nH]2)C1=N. The second kappa shape index (κ2) is 7.81. The third-order valence-electron chi connectivity index (χ3n) is 5.53. The van der Waals surface area contributed by atoms with Gasteiger partial charge in [0.15, 0.2) is 0 Å². The minimum absolute atomic E-state index is 0.195. The first kappa shape index (κ1) is 18.8. The van der Waals surface area contributed by atoms with Crippen molar-refractivity contribution < 1.29 is 9.84 Å². The second-order valence-electron chi connectivity index (χ2n) is 7.52. The summed E-state index contributed by atoms with van der Waals surface area (Å²) in [5, 5.41) is 18.9. The van der Waals surface area contributed by atoms with E-state index in [1.165, 1.54) is 5.69 Å². The highest BCUT2D eigenvalue weighted by molar-refractivity contribution is 6.23. The van der Waals surface area contributed by atoms with Crippen molar-refractivity contribution in [2.45, 2.75) is 6.42 Å². The van der Waals surface area contributed by atoms with Crippen molar-refractivity contribution in [2.24, 2.45) is 0 Å². The van der Waals surface area contributed by atoms with E-state index in [2.05, 4.69) is 38.9 Å². The largest absolute Gasteiger partial charge is 0.510 e. The maximum atomic E-state index is 10.4. The molecule has 0 radical (unpaired) electrons. The average molecular weight is 384 g/mol. The molecule has 1 saturated heterocycles. The molecule has 4 rings (SSSR count). The van der Waals surface area contributed by atoms with Gasteiger partial charge in [-0.25, -0.2) is 4.98 Å². The zero-order chi connectivity index (χ0) is 19.7. The number of likely N-dealkylation sites (N-methyl/N-ethyl adjacent to an activating group) is 1. The lowest BCUT2D eigenvalue weighted by Gasteiger charge is -2.34. The molecule has 1 fully saturated rings. The lowest BCUT2D eigenvalue weighted by molar-refractivity contribution is 0.186. The maximum Gasteiger partial charge on any atom is 0.145 e. The lowest BCUT2D eigenvalue weighted by atomic mass is 10.2. The number of rotatable bonds is 6. The van der Waals surface area contributed by atoms with Gasteiger partial charge in [-0.15, -0.1) is 0 Å². The molecule has 28 heavy (non-hydrogen) atoms. The fourth-order valence-corrected chi connectivity index (χ4v) is 3.85. The Hall–Kier alpha value is -2.58. The van der Waals surface area contributed by atoms with Crippen molar-refractivity contribution in [3.05, 3.63) is 29.8 Å². The van der Waals surface area contributed by atoms with Crippen LogP contribution in [0.2, 0.25) is 0 Å². The van der Waals surface area contributed by atoms with E-state index >= 15 is 0 Å². The zero-order valence-corrected chi connectivity index (χ0v) is 16.5. The Morgan fingerprint density at radius 2 is 2.04 bits per heavy atom. The molecule has 150 valence electrons. The summed E-state index contributed by atoms with van der Waals surface area (Å²) < 4.78 is 5.08. The molecule has 2 aromatic rings. The van der Waals surface area contributed by atoms with Crippen LogP contribution in [-0.2, 0) is 4.74 Å². The first-order valence-corrected chi connectivity index (χ1v) is 9.75. The van der Waals surface area contributed by atoms with Crippen molar-refractivity contribution in [1.29, 1.82) is 5.41 Å². The lowest BCUT2D eigenvalue weighted by Crippen LogP contribution is -2.44. The summed E-state index contributed by atoms with van der Waals surface area (Å²) in [5.74, 6) is 1.06. The quantitative estimate of drug-likeness (QED) is 0.659. The Morgan fingerprint density at radius 1 is 1.25 bits per heavy atom. The van der Waals surface area contributed by atoms with Crippen molar-refractivity contribution >= 4 is 28.1 Å². The highest BCUT2D eigenvalue weighted by Gasteiger charge is 2.30. The van der Waals surface area contributed by atoms with Gasteiger partial charge in [-0.3, -0.25) is 5.41 Å². The first-order chi connectivity index (χ1) is 13.6. The molecule has 0 atom stereocenters. The third kappa shape index (κ3) is 3.57. The number of fused-ring (bicyclic) bond motifs is 1. The van der Waals surface area contributed by atoms with E-state index in [1.807, 2.05) is 11.0 Å². The summed E-state index contributed by atoms with van der Waals surface area (Å²) in [4.78, 5) is 14.5. The van der Waals surface area contributed by atoms with E-state index in [0.717, 1.165) is 43.6 Å². The fourth-order valence-electron chi connectivity index (χ4n) is 3.85. The van der Waals surface area contributed by atoms with Gasteiger partial charge in [-0.1, -0.05) is 0 Å². The van der Waals surface area contributed by atoms with E-state index in [9.17, 15) is 5.11 Å². The summed E-state index contributed by atoms with van der Waals surface area (Å²) in [6, 6.07) is 6.22. The number of imidazole rings is 1. The fraction of sp³-hybridized carbons (Fsp3) is 0.500. The average Bonchev–Trinajstić information content (AvgIpc) is 3.22. The van der Waals surface area contributed by atoms with Gasteiger partial charge in [0.1, 0.15) is 17.4 Å². The number of hydrogen-bond acceptors (Lipinski definition) is 6. The van der Waals surface area contributed by atoms with Crippen LogP contribution in [0.25, 0.3) is 16.6 Å². The highest BCUT2D eigenvalue weighted by atomic mass is 16.5. The number of H-pyrrole nitrogens is 1. The molecule has 8 heteroatoms. The molecule has 1 aromatic carbocycles. The second-order valence-corrected chi connectivity index (χ2v) is 7.52. The van der Waals surface area contributed by atoms with Crippen molar-refractivity contribution in [3.8, 4) is 0 Å². The molecule has 0 saturated carbocycles. The molecule has 1 aromatic heterocycles. The van der Waals surface area contributed by atoms with E-state index in [1.54, 1.807) is 7.11 Å². The number of nitrogens with one attached hydrogen (secondary N) is 2.